The van der Waals surface area contributed by atoms with Gasteiger partial charge in [0.25, 0.3) is 0 Å². The van der Waals surface area contributed by atoms with Crippen molar-refractivity contribution in [2.75, 3.05) is 6.54 Å². The third-order valence-electron chi connectivity index (χ3n) is 5.72. The molecule has 0 saturated heterocycles. The molecule has 1 saturated carbocycles. The van der Waals surface area contributed by atoms with Crippen LogP contribution in [0, 0.1) is 5.92 Å². The van der Waals surface area contributed by atoms with Gasteiger partial charge in [0.05, 0.1) is 12.2 Å². The van der Waals surface area contributed by atoms with Crippen LogP contribution >= 0.6 is 0 Å². The number of nitrogens with zero attached hydrogens (tertiary/aromatic N) is 2. The number of urea groups is 1. The molecule has 2 aliphatic carbocycles. The van der Waals surface area contributed by atoms with Gasteiger partial charge in [0, 0.05) is 25.2 Å². The molecule has 1 fully saturated rings. The Kier molecular flexibility index (Phi) is 3.79. The molecular formula is C19H24N4O. The molecule has 2 atom stereocenters. The van der Waals surface area contributed by atoms with E-state index in [1.807, 2.05) is 13.1 Å². The Morgan fingerprint density at radius 3 is 3.04 bits per heavy atom. The van der Waals surface area contributed by atoms with Crippen LogP contribution in [-0.4, -0.2) is 22.4 Å². The van der Waals surface area contributed by atoms with Gasteiger partial charge in [-0.2, -0.15) is 5.10 Å². The van der Waals surface area contributed by atoms with Crippen molar-refractivity contribution in [1.29, 1.82) is 0 Å². The first-order valence-electron chi connectivity index (χ1n) is 8.76. The molecule has 0 bridgehead atoms. The average molecular weight is 324 g/mol. The summed E-state index contributed by atoms with van der Waals surface area (Å²) < 4.78 is 1.77. The van der Waals surface area contributed by atoms with E-state index in [2.05, 4.69) is 40.0 Å². The van der Waals surface area contributed by atoms with Crippen LogP contribution in [0.15, 0.2) is 36.5 Å². The molecule has 5 nitrogen and oxygen atoms in total. The Hall–Kier alpha value is -2.30. The van der Waals surface area contributed by atoms with Gasteiger partial charge in [-0.25, -0.2) is 4.79 Å². The zero-order valence-corrected chi connectivity index (χ0v) is 14.1. The van der Waals surface area contributed by atoms with Gasteiger partial charge in [-0.15, -0.1) is 0 Å². The predicted molar refractivity (Wildman–Crippen MR) is 92.6 cm³/mol. The number of aromatic nitrogens is 2. The van der Waals surface area contributed by atoms with E-state index < -0.39 is 0 Å². The second-order valence-corrected chi connectivity index (χ2v) is 7.08. The molecule has 1 aromatic heterocycles. The Balaban J connectivity index is 1.31. The van der Waals surface area contributed by atoms with Crippen molar-refractivity contribution >= 4 is 6.03 Å². The molecule has 0 radical (unpaired) electrons. The maximum atomic E-state index is 12.0. The molecule has 24 heavy (non-hydrogen) atoms. The van der Waals surface area contributed by atoms with Crippen molar-refractivity contribution in [2.24, 2.45) is 13.0 Å². The number of fused-ring (bicyclic) bond motifs is 2. The van der Waals surface area contributed by atoms with Gasteiger partial charge < -0.3 is 10.6 Å². The fourth-order valence-corrected chi connectivity index (χ4v) is 4.26. The van der Waals surface area contributed by atoms with E-state index in [0.717, 1.165) is 12.2 Å². The maximum Gasteiger partial charge on any atom is 0.315 e. The molecule has 5 heteroatoms. The van der Waals surface area contributed by atoms with Crippen LogP contribution in [0.3, 0.4) is 0 Å². The van der Waals surface area contributed by atoms with Crippen LogP contribution < -0.4 is 10.6 Å². The van der Waals surface area contributed by atoms with Crippen molar-refractivity contribution in [3.63, 3.8) is 0 Å². The smallest absolute Gasteiger partial charge is 0.315 e. The van der Waals surface area contributed by atoms with Gasteiger partial charge in [0.15, 0.2) is 0 Å². The number of benzene rings is 1. The van der Waals surface area contributed by atoms with Crippen molar-refractivity contribution in [3.05, 3.63) is 53.3 Å². The summed E-state index contributed by atoms with van der Waals surface area (Å²) in [6.45, 7) is 1.26. The fourth-order valence-electron chi connectivity index (χ4n) is 4.26. The third-order valence-corrected chi connectivity index (χ3v) is 5.72. The van der Waals surface area contributed by atoms with Gasteiger partial charge >= 0.3 is 6.03 Å². The molecule has 1 heterocycles. The lowest BCUT2D eigenvalue weighted by atomic mass is 9.78. The van der Waals surface area contributed by atoms with E-state index in [1.54, 1.807) is 10.9 Å². The van der Waals surface area contributed by atoms with Crippen LogP contribution in [-0.2, 0) is 25.4 Å². The first-order chi connectivity index (χ1) is 11.7. The highest BCUT2D eigenvalue weighted by molar-refractivity contribution is 5.73. The number of carbonyl (C=O) groups is 1. The molecule has 0 unspecified atom stereocenters. The largest absolute Gasteiger partial charge is 0.338 e. The van der Waals surface area contributed by atoms with E-state index in [4.69, 9.17) is 0 Å². The topological polar surface area (TPSA) is 59.0 Å². The highest BCUT2D eigenvalue weighted by Crippen LogP contribution is 2.59. The minimum atomic E-state index is -0.0951. The number of carbonyl (C=O) groups excluding carboxylic acids is 1. The summed E-state index contributed by atoms with van der Waals surface area (Å²) in [5, 5.41) is 10.1. The molecule has 1 spiro atoms. The quantitative estimate of drug-likeness (QED) is 0.908. The molecule has 1 aromatic carbocycles. The SMILES string of the molecule is Cn1nccc1CNC(=O)NC[C@@H]1C[C@]12CCCc1ccccc12. The van der Waals surface area contributed by atoms with Crippen LogP contribution in [0.25, 0.3) is 0 Å². The molecule has 126 valence electrons. The Morgan fingerprint density at radius 2 is 2.21 bits per heavy atom. The van der Waals surface area contributed by atoms with E-state index in [-0.39, 0.29) is 6.03 Å². The average Bonchev–Trinajstić information content (AvgIpc) is 3.12. The summed E-state index contributed by atoms with van der Waals surface area (Å²) in [6, 6.07) is 10.7. The standard InChI is InChI=1S/C19H24N4O/c1-23-16(8-10-22-23)13-21-18(24)20-12-15-11-19(15)9-4-6-14-5-2-3-7-17(14)19/h2-3,5,7-8,10,15H,4,6,9,11-13H2,1H3,(H2,20,21,24)/t15-,19+/m0/s1. The highest BCUT2D eigenvalue weighted by Gasteiger charge is 2.56. The summed E-state index contributed by atoms with van der Waals surface area (Å²) in [6.07, 6.45) is 6.66. The summed E-state index contributed by atoms with van der Waals surface area (Å²) in [5.41, 5.74) is 4.35. The maximum absolute atomic E-state index is 12.0. The second kappa shape index (κ2) is 5.96. The molecular weight excluding hydrogens is 300 g/mol. The summed E-state index contributed by atoms with van der Waals surface area (Å²) in [5.74, 6) is 0.571. The first-order valence-corrected chi connectivity index (χ1v) is 8.76. The van der Waals surface area contributed by atoms with Crippen molar-refractivity contribution in [1.82, 2.24) is 20.4 Å². The zero-order chi connectivity index (χ0) is 16.6. The number of hydrogen-bond acceptors (Lipinski definition) is 2. The van der Waals surface area contributed by atoms with E-state index in [1.165, 1.54) is 36.8 Å². The van der Waals surface area contributed by atoms with Crippen molar-refractivity contribution in [3.8, 4) is 0 Å². The van der Waals surface area contributed by atoms with Gasteiger partial charge in [-0.05, 0) is 48.8 Å². The summed E-state index contributed by atoms with van der Waals surface area (Å²) in [4.78, 5) is 12.0. The van der Waals surface area contributed by atoms with Crippen molar-refractivity contribution < 1.29 is 4.79 Å². The zero-order valence-electron chi connectivity index (χ0n) is 14.1. The Morgan fingerprint density at radius 1 is 1.33 bits per heavy atom. The van der Waals surface area contributed by atoms with Crippen molar-refractivity contribution in [2.45, 2.75) is 37.6 Å². The van der Waals surface area contributed by atoms with E-state index in [9.17, 15) is 4.79 Å². The van der Waals surface area contributed by atoms with Crippen LogP contribution in [0.4, 0.5) is 4.79 Å². The predicted octanol–water partition coefficient (Wildman–Crippen LogP) is 2.51. The summed E-state index contributed by atoms with van der Waals surface area (Å²) in [7, 11) is 1.88. The molecule has 2 aromatic rings. The Labute approximate surface area is 142 Å². The lowest BCUT2D eigenvalue weighted by Crippen LogP contribution is -2.37. The van der Waals surface area contributed by atoms with E-state index >= 15 is 0 Å². The van der Waals surface area contributed by atoms with Crippen LogP contribution in [0.2, 0.25) is 0 Å². The number of aryl methyl sites for hydroxylation is 2. The monoisotopic (exact) mass is 324 g/mol. The number of nitrogens with one attached hydrogen (secondary N) is 2. The molecule has 4 rings (SSSR count). The molecule has 2 aliphatic rings. The first kappa shape index (κ1) is 15.2. The molecule has 2 N–H and O–H groups in total. The molecule has 2 amide bonds. The Bertz CT molecular complexity index is 753. The summed E-state index contributed by atoms with van der Waals surface area (Å²) >= 11 is 0. The normalized spacial score (nSPS) is 24.5. The molecule has 0 aliphatic heterocycles. The van der Waals surface area contributed by atoms with Gasteiger partial charge in [-0.3, -0.25) is 4.68 Å². The lowest BCUT2D eigenvalue weighted by Gasteiger charge is -2.26. The van der Waals surface area contributed by atoms with E-state index in [0.29, 0.717) is 17.9 Å². The lowest BCUT2D eigenvalue weighted by molar-refractivity contribution is 0.239. The minimum absolute atomic E-state index is 0.0951. The highest BCUT2D eigenvalue weighted by atomic mass is 16.2. The number of hydrogen-bond donors (Lipinski definition) is 2. The number of rotatable bonds is 4. The minimum Gasteiger partial charge on any atom is -0.338 e. The van der Waals surface area contributed by atoms with Crippen LogP contribution in [0.5, 0.6) is 0 Å². The van der Waals surface area contributed by atoms with Gasteiger partial charge in [0.1, 0.15) is 0 Å². The number of amides is 2. The van der Waals surface area contributed by atoms with Gasteiger partial charge in [0.2, 0.25) is 0 Å². The van der Waals surface area contributed by atoms with Crippen LogP contribution in [0.1, 0.15) is 36.1 Å². The third kappa shape index (κ3) is 2.68. The van der Waals surface area contributed by atoms with Gasteiger partial charge in [-0.1, -0.05) is 24.3 Å². The second-order valence-electron chi connectivity index (χ2n) is 7.08. The fraction of sp³-hybridized carbons (Fsp3) is 0.474.